The molecule has 0 aromatic heterocycles. The third kappa shape index (κ3) is 6.62. The summed E-state index contributed by atoms with van der Waals surface area (Å²) in [4.78, 5) is 38.2. The van der Waals surface area contributed by atoms with Crippen molar-refractivity contribution in [2.45, 2.75) is 70.5 Å². The van der Waals surface area contributed by atoms with Gasteiger partial charge >= 0.3 is 0 Å². The van der Waals surface area contributed by atoms with Crippen LogP contribution in [0.15, 0.2) is 0 Å². The molecule has 144 valence electrons. The summed E-state index contributed by atoms with van der Waals surface area (Å²) in [6, 6.07) is -1.92. The van der Waals surface area contributed by atoms with E-state index in [0.717, 1.165) is 19.3 Å². The van der Waals surface area contributed by atoms with Crippen molar-refractivity contribution in [1.29, 1.82) is 0 Å². The molecule has 0 unspecified atom stereocenters. The molecule has 25 heavy (non-hydrogen) atoms. The molecule has 8 nitrogen and oxygen atoms in total. The van der Waals surface area contributed by atoms with Crippen LogP contribution in [0.25, 0.3) is 0 Å². The number of nitrogens with one attached hydrogen (secondary N) is 1. The van der Waals surface area contributed by atoms with E-state index in [4.69, 9.17) is 17.2 Å². The second kappa shape index (κ2) is 10.4. The van der Waals surface area contributed by atoms with Gasteiger partial charge in [0.2, 0.25) is 17.7 Å². The Morgan fingerprint density at radius 1 is 1.24 bits per heavy atom. The molecule has 3 amide bonds. The number of carbonyl (C=O) groups excluding carboxylic acids is 3. The first-order valence-electron chi connectivity index (χ1n) is 9.13. The number of likely N-dealkylation sites (tertiary alicyclic amines) is 1. The summed E-state index contributed by atoms with van der Waals surface area (Å²) in [6.07, 6.45) is 3.94. The van der Waals surface area contributed by atoms with E-state index in [-0.39, 0.29) is 17.7 Å². The number of nitrogens with zero attached hydrogens (tertiary/aromatic N) is 1. The minimum atomic E-state index is -0.719. The van der Waals surface area contributed by atoms with Crippen molar-refractivity contribution in [3.05, 3.63) is 0 Å². The molecule has 0 radical (unpaired) electrons. The quantitative estimate of drug-likeness (QED) is 0.389. The van der Waals surface area contributed by atoms with Crippen molar-refractivity contribution in [3.8, 4) is 0 Å². The SMILES string of the molecule is CC(C)C[C@H](NC(=O)[C@@H]1CCCN1C(=O)[C@@H](N)CCCCN)C(N)=O. The van der Waals surface area contributed by atoms with Gasteiger partial charge in [0.25, 0.3) is 0 Å². The highest BCUT2D eigenvalue weighted by molar-refractivity contribution is 5.93. The van der Waals surface area contributed by atoms with Gasteiger partial charge in [-0.15, -0.1) is 0 Å². The molecule has 0 aromatic rings. The van der Waals surface area contributed by atoms with Gasteiger partial charge in [-0.1, -0.05) is 20.3 Å². The third-order valence-corrected chi connectivity index (χ3v) is 4.49. The van der Waals surface area contributed by atoms with Crippen LogP contribution in [0.1, 0.15) is 52.4 Å². The normalized spacial score (nSPS) is 19.7. The first-order valence-corrected chi connectivity index (χ1v) is 9.13. The predicted molar refractivity (Wildman–Crippen MR) is 96.2 cm³/mol. The Bertz CT molecular complexity index is 469. The smallest absolute Gasteiger partial charge is 0.243 e. The van der Waals surface area contributed by atoms with E-state index in [1.165, 1.54) is 4.90 Å². The van der Waals surface area contributed by atoms with E-state index in [2.05, 4.69) is 5.32 Å². The van der Waals surface area contributed by atoms with E-state index in [0.29, 0.717) is 32.4 Å². The van der Waals surface area contributed by atoms with Crippen LogP contribution in [-0.2, 0) is 14.4 Å². The van der Waals surface area contributed by atoms with Gasteiger partial charge in [0.05, 0.1) is 6.04 Å². The van der Waals surface area contributed by atoms with Gasteiger partial charge in [0.15, 0.2) is 0 Å². The number of nitrogens with two attached hydrogens (primary N) is 3. The molecule has 0 spiro atoms. The van der Waals surface area contributed by atoms with Crippen LogP contribution in [0.4, 0.5) is 0 Å². The zero-order valence-electron chi connectivity index (χ0n) is 15.4. The van der Waals surface area contributed by atoms with Crippen molar-refractivity contribution in [2.75, 3.05) is 13.1 Å². The summed E-state index contributed by atoms with van der Waals surface area (Å²) in [5.74, 6) is -0.884. The van der Waals surface area contributed by atoms with E-state index in [1.807, 2.05) is 13.8 Å². The van der Waals surface area contributed by atoms with Crippen LogP contribution < -0.4 is 22.5 Å². The molecule has 0 aliphatic carbocycles. The molecule has 1 aliphatic rings. The first kappa shape index (κ1) is 21.4. The number of unbranched alkanes of at least 4 members (excludes halogenated alkanes) is 1. The van der Waals surface area contributed by atoms with Crippen molar-refractivity contribution in [1.82, 2.24) is 10.2 Å². The van der Waals surface area contributed by atoms with Crippen molar-refractivity contribution in [3.63, 3.8) is 0 Å². The number of rotatable bonds is 10. The highest BCUT2D eigenvalue weighted by Crippen LogP contribution is 2.20. The van der Waals surface area contributed by atoms with E-state index < -0.39 is 24.0 Å². The highest BCUT2D eigenvalue weighted by Gasteiger charge is 2.37. The van der Waals surface area contributed by atoms with Crippen LogP contribution in [0, 0.1) is 5.92 Å². The molecule has 0 saturated carbocycles. The molecule has 0 bridgehead atoms. The van der Waals surface area contributed by atoms with Gasteiger partial charge in [0, 0.05) is 6.54 Å². The largest absolute Gasteiger partial charge is 0.368 e. The van der Waals surface area contributed by atoms with Crippen molar-refractivity contribution in [2.24, 2.45) is 23.1 Å². The third-order valence-electron chi connectivity index (χ3n) is 4.49. The Balaban J connectivity index is 2.67. The molecule has 1 aliphatic heterocycles. The van der Waals surface area contributed by atoms with Gasteiger partial charge in [-0.05, 0) is 44.6 Å². The van der Waals surface area contributed by atoms with Gasteiger partial charge < -0.3 is 27.4 Å². The molecule has 1 fully saturated rings. The number of hydrogen-bond acceptors (Lipinski definition) is 5. The van der Waals surface area contributed by atoms with Gasteiger partial charge in [0.1, 0.15) is 12.1 Å². The van der Waals surface area contributed by atoms with Crippen LogP contribution in [0.5, 0.6) is 0 Å². The Morgan fingerprint density at radius 3 is 2.48 bits per heavy atom. The molecule has 7 N–H and O–H groups in total. The van der Waals surface area contributed by atoms with Crippen molar-refractivity contribution < 1.29 is 14.4 Å². The van der Waals surface area contributed by atoms with E-state index in [1.54, 1.807) is 0 Å². The molecule has 1 rings (SSSR count). The standard InChI is InChI=1S/C17H33N5O3/c1-11(2)10-13(15(20)23)21-16(24)14-7-5-9-22(14)17(25)12(19)6-3-4-8-18/h11-14H,3-10,18-19H2,1-2H3,(H2,20,23)(H,21,24)/t12-,13-,14-/m0/s1. The Morgan fingerprint density at radius 2 is 1.92 bits per heavy atom. The fourth-order valence-corrected chi connectivity index (χ4v) is 3.13. The molecular weight excluding hydrogens is 322 g/mol. The summed E-state index contributed by atoms with van der Waals surface area (Å²) in [5.41, 5.74) is 16.8. The van der Waals surface area contributed by atoms with E-state index in [9.17, 15) is 14.4 Å². The Labute approximate surface area is 149 Å². The monoisotopic (exact) mass is 355 g/mol. The fraction of sp³-hybridized carbons (Fsp3) is 0.824. The zero-order chi connectivity index (χ0) is 19.0. The number of primary amides is 1. The molecule has 8 heteroatoms. The number of amides is 3. The molecule has 0 aromatic carbocycles. The maximum atomic E-state index is 12.6. The maximum absolute atomic E-state index is 12.6. The lowest BCUT2D eigenvalue weighted by Gasteiger charge is -2.28. The zero-order valence-corrected chi connectivity index (χ0v) is 15.4. The topological polar surface area (TPSA) is 145 Å². The first-order chi connectivity index (χ1) is 11.8. The summed E-state index contributed by atoms with van der Waals surface area (Å²) < 4.78 is 0. The Hall–Kier alpha value is -1.67. The summed E-state index contributed by atoms with van der Waals surface area (Å²) >= 11 is 0. The van der Waals surface area contributed by atoms with Crippen LogP contribution in [-0.4, -0.2) is 53.8 Å². The van der Waals surface area contributed by atoms with Crippen molar-refractivity contribution >= 4 is 17.7 Å². The highest BCUT2D eigenvalue weighted by atomic mass is 16.2. The summed E-state index contributed by atoms with van der Waals surface area (Å²) in [6.45, 7) is 4.98. The molecule has 3 atom stereocenters. The van der Waals surface area contributed by atoms with Crippen LogP contribution in [0.3, 0.4) is 0 Å². The Kier molecular flexibility index (Phi) is 8.85. The number of hydrogen-bond donors (Lipinski definition) is 4. The molecule has 1 saturated heterocycles. The predicted octanol–water partition coefficient (Wildman–Crippen LogP) is -0.550. The lowest BCUT2D eigenvalue weighted by molar-refractivity contribution is -0.140. The van der Waals surface area contributed by atoms with Gasteiger partial charge in [-0.2, -0.15) is 0 Å². The lowest BCUT2D eigenvalue weighted by Crippen LogP contribution is -2.54. The van der Waals surface area contributed by atoms with Gasteiger partial charge in [-0.25, -0.2) is 0 Å². The fourth-order valence-electron chi connectivity index (χ4n) is 3.13. The summed E-state index contributed by atoms with van der Waals surface area (Å²) in [5, 5.41) is 2.70. The second-order valence-corrected chi connectivity index (χ2v) is 7.17. The average Bonchev–Trinajstić information content (AvgIpc) is 3.02. The lowest BCUT2D eigenvalue weighted by atomic mass is 10.0. The minimum absolute atomic E-state index is 0.214. The second-order valence-electron chi connectivity index (χ2n) is 7.17. The molecular formula is C17H33N5O3. The van der Waals surface area contributed by atoms with Crippen LogP contribution >= 0.6 is 0 Å². The van der Waals surface area contributed by atoms with E-state index >= 15 is 0 Å². The van der Waals surface area contributed by atoms with Crippen LogP contribution in [0.2, 0.25) is 0 Å². The average molecular weight is 355 g/mol. The maximum Gasteiger partial charge on any atom is 0.243 e. The molecule has 1 heterocycles. The van der Waals surface area contributed by atoms with Gasteiger partial charge in [-0.3, -0.25) is 14.4 Å². The summed E-state index contributed by atoms with van der Waals surface area (Å²) in [7, 11) is 0. The number of carbonyl (C=O) groups is 3. The minimum Gasteiger partial charge on any atom is -0.368 e.